The quantitative estimate of drug-likeness (QED) is 0.427. The fourth-order valence-electron chi connectivity index (χ4n) is 4.42. The van der Waals surface area contributed by atoms with E-state index in [1.54, 1.807) is 23.4 Å². The summed E-state index contributed by atoms with van der Waals surface area (Å²) in [6.07, 6.45) is 4.04. The number of aryl methyl sites for hydroxylation is 2. The largest absolute Gasteiger partial charge is 0.507 e. The Hall–Kier alpha value is -3.03. The number of amides is 1. The van der Waals surface area contributed by atoms with Gasteiger partial charge in [0, 0.05) is 44.1 Å². The molecule has 2 saturated heterocycles. The van der Waals surface area contributed by atoms with Crippen molar-refractivity contribution in [2.75, 3.05) is 39.4 Å². The number of nitrogens with zero attached hydrogens (tertiary/aromatic N) is 3. The van der Waals surface area contributed by atoms with Crippen molar-refractivity contribution in [2.24, 2.45) is 0 Å². The number of carbonyl (C=O) groups excluding carboxylic acids is 2. The first-order valence-electron chi connectivity index (χ1n) is 11.0. The number of morpholine rings is 1. The lowest BCUT2D eigenvalue weighted by Gasteiger charge is -2.29. The molecule has 0 aliphatic carbocycles. The monoisotopic (exact) mass is 435 g/mol. The van der Waals surface area contributed by atoms with Crippen molar-refractivity contribution in [3.8, 4) is 0 Å². The summed E-state index contributed by atoms with van der Waals surface area (Å²) in [6, 6.07) is 8.66. The van der Waals surface area contributed by atoms with Gasteiger partial charge in [0.15, 0.2) is 0 Å². The number of Topliss-reactive ketones (excluding diaryl/α,β-unsaturated/α-hetero) is 1. The van der Waals surface area contributed by atoms with Crippen molar-refractivity contribution < 1.29 is 19.4 Å². The van der Waals surface area contributed by atoms with E-state index in [4.69, 9.17) is 4.74 Å². The van der Waals surface area contributed by atoms with E-state index in [1.165, 1.54) is 0 Å². The number of aliphatic hydroxyl groups excluding tert-OH is 1. The third-order valence-corrected chi connectivity index (χ3v) is 6.17. The summed E-state index contributed by atoms with van der Waals surface area (Å²) >= 11 is 0. The number of likely N-dealkylation sites (tertiary alicyclic amines) is 1. The van der Waals surface area contributed by atoms with Gasteiger partial charge in [-0.3, -0.25) is 19.5 Å². The van der Waals surface area contributed by atoms with Crippen LogP contribution in [-0.4, -0.2) is 71.0 Å². The first-order valence-corrected chi connectivity index (χ1v) is 11.0. The average molecular weight is 436 g/mol. The van der Waals surface area contributed by atoms with E-state index < -0.39 is 17.7 Å². The molecule has 1 aromatic heterocycles. The molecule has 0 spiro atoms. The highest BCUT2D eigenvalue weighted by Crippen LogP contribution is 2.39. The standard InChI is InChI=1S/C25H29N3O4/c1-17-6-7-18(2)20(15-17)23(29)21-22(19-5-3-8-26-16-19)28(25(31)24(21)30)10-4-9-27-11-13-32-14-12-27/h3,5-8,15-16,22,29H,4,9-14H2,1-2H3. The summed E-state index contributed by atoms with van der Waals surface area (Å²) in [5, 5.41) is 11.2. The zero-order valence-electron chi connectivity index (χ0n) is 18.6. The van der Waals surface area contributed by atoms with Gasteiger partial charge in [-0.25, -0.2) is 0 Å². The number of carbonyl (C=O) groups is 2. The number of pyridine rings is 1. The zero-order chi connectivity index (χ0) is 22.7. The van der Waals surface area contributed by atoms with Gasteiger partial charge in [-0.1, -0.05) is 23.8 Å². The Morgan fingerprint density at radius 2 is 1.94 bits per heavy atom. The fraction of sp³-hybridized carbons (Fsp3) is 0.400. The lowest BCUT2D eigenvalue weighted by atomic mass is 9.94. The van der Waals surface area contributed by atoms with Crippen LogP contribution in [0.15, 0.2) is 48.3 Å². The maximum absolute atomic E-state index is 13.1. The van der Waals surface area contributed by atoms with E-state index in [9.17, 15) is 14.7 Å². The maximum Gasteiger partial charge on any atom is 0.295 e. The molecular weight excluding hydrogens is 406 g/mol. The van der Waals surface area contributed by atoms with Gasteiger partial charge < -0.3 is 14.7 Å². The normalized spacial score (nSPS) is 21.3. The Balaban J connectivity index is 1.68. The SMILES string of the molecule is Cc1ccc(C)c(C(O)=C2C(=O)C(=O)N(CCCN3CCOCC3)C2c2cccnc2)c1. The fourth-order valence-corrected chi connectivity index (χ4v) is 4.42. The number of aliphatic hydroxyl groups is 1. The Morgan fingerprint density at radius 1 is 1.16 bits per heavy atom. The summed E-state index contributed by atoms with van der Waals surface area (Å²) in [7, 11) is 0. The molecule has 0 saturated carbocycles. The molecule has 7 heteroatoms. The maximum atomic E-state index is 13.1. The Morgan fingerprint density at radius 3 is 2.66 bits per heavy atom. The van der Waals surface area contributed by atoms with Gasteiger partial charge in [-0.05, 0) is 43.5 Å². The first-order chi connectivity index (χ1) is 15.5. The van der Waals surface area contributed by atoms with Gasteiger partial charge >= 0.3 is 0 Å². The Bertz CT molecular complexity index is 1030. The van der Waals surface area contributed by atoms with Crippen LogP contribution in [0.25, 0.3) is 5.76 Å². The molecule has 0 radical (unpaired) electrons. The molecule has 4 rings (SSSR count). The molecule has 1 atom stereocenters. The van der Waals surface area contributed by atoms with Crippen molar-refractivity contribution >= 4 is 17.4 Å². The van der Waals surface area contributed by atoms with Crippen LogP contribution in [0.5, 0.6) is 0 Å². The highest BCUT2D eigenvalue weighted by Gasteiger charge is 2.46. The van der Waals surface area contributed by atoms with Gasteiger partial charge in [0.2, 0.25) is 0 Å². The summed E-state index contributed by atoms with van der Waals surface area (Å²) in [5.74, 6) is -1.36. The number of benzene rings is 1. The van der Waals surface area contributed by atoms with Crippen LogP contribution < -0.4 is 0 Å². The number of ether oxygens (including phenoxy) is 1. The lowest BCUT2D eigenvalue weighted by Crippen LogP contribution is -2.39. The minimum Gasteiger partial charge on any atom is -0.507 e. The van der Waals surface area contributed by atoms with E-state index in [-0.39, 0.29) is 11.3 Å². The molecular formula is C25H29N3O4. The highest BCUT2D eigenvalue weighted by atomic mass is 16.5. The van der Waals surface area contributed by atoms with E-state index in [2.05, 4.69) is 9.88 Å². The molecule has 1 aromatic carbocycles. The molecule has 2 fully saturated rings. The number of rotatable bonds is 6. The van der Waals surface area contributed by atoms with Crippen LogP contribution in [0.4, 0.5) is 0 Å². The molecule has 32 heavy (non-hydrogen) atoms. The first kappa shape index (κ1) is 22.2. The topological polar surface area (TPSA) is 83.0 Å². The highest BCUT2D eigenvalue weighted by molar-refractivity contribution is 6.46. The molecule has 7 nitrogen and oxygen atoms in total. The van der Waals surface area contributed by atoms with Crippen LogP contribution in [0.3, 0.4) is 0 Å². The molecule has 1 amide bonds. The minimum absolute atomic E-state index is 0.128. The number of aromatic nitrogens is 1. The summed E-state index contributed by atoms with van der Waals surface area (Å²) in [5.41, 5.74) is 3.23. The number of hydrogen-bond donors (Lipinski definition) is 1. The predicted molar refractivity (Wildman–Crippen MR) is 121 cm³/mol. The Labute approximate surface area is 188 Å². The smallest absolute Gasteiger partial charge is 0.295 e. The number of ketones is 1. The van der Waals surface area contributed by atoms with Crippen LogP contribution in [0, 0.1) is 13.8 Å². The van der Waals surface area contributed by atoms with Gasteiger partial charge in [0.1, 0.15) is 5.76 Å². The van der Waals surface area contributed by atoms with Crippen LogP contribution in [-0.2, 0) is 14.3 Å². The van der Waals surface area contributed by atoms with Gasteiger partial charge in [0.25, 0.3) is 11.7 Å². The van der Waals surface area contributed by atoms with Crippen LogP contribution in [0.1, 0.15) is 34.7 Å². The van der Waals surface area contributed by atoms with Gasteiger partial charge in [-0.15, -0.1) is 0 Å². The van der Waals surface area contributed by atoms with Crippen LogP contribution >= 0.6 is 0 Å². The molecule has 1 unspecified atom stereocenters. The minimum atomic E-state index is -0.659. The summed E-state index contributed by atoms with van der Waals surface area (Å²) < 4.78 is 5.39. The third-order valence-electron chi connectivity index (χ3n) is 6.17. The van der Waals surface area contributed by atoms with E-state index >= 15 is 0 Å². The molecule has 0 bridgehead atoms. The second-order valence-electron chi connectivity index (χ2n) is 8.40. The summed E-state index contributed by atoms with van der Waals surface area (Å²) in [4.78, 5) is 34.2. The van der Waals surface area contributed by atoms with Crippen molar-refractivity contribution in [1.29, 1.82) is 0 Å². The van der Waals surface area contributed by atoms with Crippen molar-refractivity contribution in [1.82, 2.24) is 14.8 Å². The molecule has 3 heterocycles. The molecule has 1 N–H and O–H groups in total. The molecule has 2 aliphatic heterocycles. The number of hydrogen-bond acceptors (Lipinski definition) is 6. The van der Waals surface area contributed by atoms with Crippen molar-refractivity contribution in [2.45, 2.75) is 26.3 Å². The lowest BCUT2D eigenvalue weighted by molar-refractivity contribution is -0.140. The van der Waals surface area contributed by atoms with E-state index in [1.807, 2.05) is 38.1 Å². The van der Waals surface area contributed by atoms with Crippen molar-refractivity contribution in [3.63, 3.8) is 0 Å². The van der Waals surface area contributed by atoms with Gasteiger partial charge in [-0.2, -0.15) is 0 Å². The molecule has 2 aliphatic rings. The van der Waals surface area contributed by atoms with E-state index in [0.29, 0.717) is 17.7 Å². The zero-order valence-corrected chi connectivity index (χ0v) is 18.6. The summed E-state index contributed by atoms with van der Waals surface area (Å²) in [6.45, 7) is 8.24. The Kier molecular flexibility index (Phi) is 6.67. The average Bonchev–Trinajstić information content (AvgIpc) is 3.06. The van der Waals surface area contributed by atoms with Gasteiger partial charge in [0.05, 0.1) is 24.8 Å². The van der Waals surface area contributed by atoms with Crippen LogP contribution in [0.2, 0.25) is 0 Å². The molecule has 168 valence electrons. The van der Waals surface area contributed by atoms with E-state index in [0.717, 1.165) is 50.4 Å². The van der Waals surface area contributed by atoms with Crippen molar-refractivity contribution in [3.05, 3.63) is 70.6 Å². The second kappa shape index (κ2) is 9.63. The molecule has 2 aromatic rings. The second-order valence-corrected chi connectivity index (χ2v) is 8.40. The third kappa shape index (κ3) is 4.45. The predicted octanol–water partition coefficient (Wildman–Crippen LogP) is 2.84.